The van der Waals surface area contributed by atoms with Crippen LogP contribution in [-0.2, 0) is 6.54 Å². The Morgan fingerprint density at radius 1 is 0.865 bits per heavy atom. The summed E-state index contributed by atoms with van der Waals surface area (Å²) in [4.78, 5) is 29.9. The summed E-state index contributed by atoms with van der Waals surface area (Å²) in [5.41, 5.74) is 1.88. The van der Waals surface area contributed by atoms with Crippen LogP contribution in [0.1, 0.15) is 58.9 Å². The highest BCUT2D eigenvalue weighted by atomic mass is 16.5. The monoisotopic (exact) mass is 502 g/mol. The van der Waals surface area contributed by atoms with Crippen LogP contribution in [-0.4, -0.2) is 53.0 Å². The molecule has 0 unspecified atom stereocenters. The highest BCUT2D eigenvalue weighted by molar-refractivity contribution is 6.10. The number of rotatable bonds is 9. The van der Waals surface area contributed by atoms with Gasteiger partial charge < -0.3 is 19.8 Å². The number of likely N-dealkylation sites (tertiary alicyclic amines) is 1. The Kier molecular flexibility index (Phi) is 8.80. The molecule has 1 fully saturated rings. The van der Waals surface area contributed by atoms with Crippen LogP contribution in [0.2, 0.25) is 0 Å². The molecule has 0 atom stereocenters. The molecule has 1 saturated heterocycles. The van der Waals surface area contributed by atoms with Gasteiger partial charge in [-0.05, 0) is 93.0 Å². The maximum absolute atomic E-state index is 13.5. The number of nitrogens with zero attached hydrogens (tertiary/aromatic N) is 2. The van der Waals surface area contributed by atoms with Crippen molar-refractivity contribution in [1.29, 1.82) is 0 Å². The molecule has 194 valence electrons. The SMILES string of the molecule is CC(=O)c1cc(O)ccc1N(Cc1ccc(OCCN2CCCCCC2)cc1)C(=O)c1ccc(O)cc1. The molecule has 0 bridgehead atoms. The first-order valence-corrected chi connectivity index (χ1v) is 12.8. The number of ether oxygens (including phenoxy) is 1. The molecule has 0 saturated carbocycles. The van der Waals surface area contributed by atoms with Crippen LogP contribution in [0.15, 0.2) is 66.7 Å². The number of benzene rings is 3. The van der Waals surface area contributed by atoms with Crippen LogP contribution in [0, 0.1) is 0 Å². The lowest BCUT2D eigenvalue weighted by molar-refractivity contribution is 0.0985. The average Bonchev–Trinajstić information content (AvgIpc) is 3.17. The van der Waals surface area contributed by atoms with Crippen LogP contribution in [0.25, 0.3) is 0 Å². The molecule has 0 aromatic heterocycles. The molecule has 3 aromatic rings. The van der Waals surface area contributed by atoms with Gasteiger partial charge in [0.15, 0.2) is 5.78 Å². The first-order chi connectivity index (χ1) is 17.9. The van der Waals surface area contributed by atoms with E-state index >= 15 is 0 Å². The van der Waals surface area contributed by atoms with Gasteiger partial charge in [0.25, 0.3) is 5.91 Å². The van der Waals surface area contributed by atoms with Crippen molar-refractivity contribution in [3.8, 4) is 17.2 Å². The zero-order chi connectivity index (χ0) is 26.2. The molecule has 1 heterocycles. The zero-order valence-electron chi connectivity index (χ0n) is 21.2. The molecule has 1 aliphatic rings. The van der Waals surface area contributed by atoms with Crippen molar-refractivity contribution in [3.05, 3.63) is 83.4 Å². The lowest BCUT2D eigenvalue weighted by Crippen LogP contribution is -2.31. The van der Waals surface area contributed by atoms with E-state index in [1.54, 1.807) is 18.2 Å². The number of hydrogen-bond acceptors (Lipinski definition) is 6. The van der Waals surface area contributed by atoms with Gasteiger partial charge in [-0.2, -0.15) is 0 Å². The molecule has 3 aromatic carbocycles. The number of carbonyl (C=O) groups is 2. The number of Topliss-reactive ketones (excluding diaryl/α,β-unsaturated/α-hetero) is 1. The Hall–Kier alpha value is -3.84. The van der Waals surface area contributed by atoms with Crippen LogP contribution in [0.4, 0.5) is 5.69 Å². The Labute approximate surface area is 217 Å². The van der Waals surface area contributed by atoms with E-state index < -0.39 is 0 Å². The van der Waals surface area contributed by atoms with Crippen LogP contribution in [0.3, 0.4) is 0 Å². The lowest BCUT2D eigenvalue weighted by atomic mass is 10.1. The van der Waals surface area contributed by atoms with Crippen LogP contribution >= 0.6 is 0 Å². The number of aromatic hydroxyl groups is 2. The highest BCUT2D eigenvalue weighted by Gasteiger charge is 2.23. The fourth-order valence-corrected chi connectivity index (χ4v) is 4.59. The Balaban J connectivity index is 1.51. The molecule has 2 N–H and O–H groups in total. The summed E-state index contributed by atoms with van der Waals surface area (Å²) in [5, 5.41) is 19.6. The van der Waals surface area contributed by atoms with Gasteiger partial charge in [-0.3, -0.25) is 14.5 Å². The second kappa shape index (κ2) is 12.4. The van der Waals surface area contributed by atoms with Gasteiger partial charge in [-0.25, -0.2) is 0 Å². The van der Waals surface area contributed by atoms with Gasteiger partial charge >= 0.3 is 0 Å². The minimum Gasteiger partial charge on any atom is -0.508 e. The van der Waals surface area contributed by atoms with E-state index in [-0.39, 0.29) is 35.3 Å². The number of hydrogen-bond donors (Lipinski definition) is 2. The van der Waals surface area contributed by atoms with Crippen molar-refractivity contribution in [1.82, 2.24) is 4.90 Å². The van der Waals surface area contributed by atoms with Crippen molar-refractivity contribution in [2.75, 3.05) is 31.1 Å². The van der Waals surface area contributed by atoms with E-state index in [2.05, 4.69) is 4.90 Å². The molecule has 4 rings (SSSR count). The molecule has 0 spiro atoms. The molecule has 7 heteroatoms. The van der Waals surface area contributed by atoms with Gasteiger partial charge in [-0.15, -0.1) is 0 Å². The fourth-order valence-electron chi connectivity index (χ4n) is 4.59. The Morgan fingerprint density at radius 3 is 2.16 bits per heavy atom. The number of carbonyl (C=O) groups excluding carboxylic acids is 2. The van der Waals surface area contributed by atoms with E-state index in [0.717, 1.165) is 30.9 Å². The molecule has 7 nitrogen and oxygen atoms in total. The number of ketones is 1. The van der Waals surface area contributed by atoms with Crippen molar-refractivity contribution in [2.45, 2.75) is 39.2 Å². The summed E-state index contributed by atoms with van der Waals surface area (Å²) in [6.07, 6.45) is 5.12. The van der Waals surface area contributed by atoms with Crippen molar-refractivity contribution < 1.29 is 24.5 Å². The van der Waals surface area contributed by atoms with Crippen molar-refractivity contribution in [3.63, 3.8) is 0 Å². The molecule has 37 heavy (non-hydrogen) atoms. The van der Waals surface area contributed by atoms with Gasteiger partial charge in [0.05, 0.1) is 12.2 Å². The van der Waals surface area contributed by atoms with Crippen LogP contribution in [0.5, 0.6) is 17.2 Å². The Bertz CT molecular complexity index is 1200. The number of phenols is 2. The normalized spacial score (nSPS) is 14.1. The predicted octanol–water partition coefficient (Wildman–Crippen LogP) is 5.40. The molecule has 0 aliphatic carbocycles. The lowest BCUT2D eigenvalue weighted by Gasteiger charge is -2.25. The van der Waals surface area contributed by atoms with Crippen molar-refractivity contribution >= 4 is 17.4 Å². The summed E-state index contributed by atoms with van der Waals surface area (Å²) in [6.45, 7) is 5.41. The third-order valence-electron chi connectivity index (χ3n) is 6.65. The summed E-state index contributed by atoms with van der Waals surface area (Å²) < 4.78 is 5.97. The largest absolute Gasteiger partial charge is 0.508 e. The molecular weight excluding hydrogens is 468 g/mol. The standard InChI is InChI=1S/C30H34N2O5/c1-22(33)28-20-26(35)12-15-29(28)32(30(36)24-8-10-25(34)11-9-24)21-23-6-13-27(14-7-23)37-19-18-31-16-4-2-3-5-17-31/h6-15,20,34-35H,2-5,16-19,21H2,1H3. The quantitative estimate of drug-likeness (QED) is 0.381. The maximum Gasteiger partial charge on any atom is 0.258 e. The Morgan fingerprint density at radius 2 is 1.51 bits per heavy atom. The first kappa shape index (κ1) is 26.2. The summed E-state index contributed by atoms with van der Waals surface area (Å²) in [6, 6.07) is 18.0. The van der Waals surface area contributed by atoms with Gasteiger partial charge in [0.1, 0.15) is 23.9 Å². The van der Waals surface area contributed by atoms with E-state index in [0.29, 0.717) is 17.9 Å². The maximum atomic E-state index is 13.5. The second-order valence-corrected chi connectivity index (χ2v) is 9.44. The average molecular weight is 503 g/mol. The van der Waals surface area contributed by atoms with Gasteiger partial charge in [0.2, 0.25) is 0 Å². The molecular formula is C30H34N2O5. The van der Waals surface area contributed by atoms with E-state index in [4.69, 9.17) is 4.74 Å². The minimum absolute atomic E-state index is 0.0485. The smallest absolute Gasteiger partial charge is 0.258 e. The minimum atomic E-state index is -0.328. The fraction of sp³-hybridized carbons (Fsp3) is 0.333. The number of amides is 1. The van der Waals surface area contributed by atoms with Crippen LogP contribution < -0.4 is 9.64 Å². The third-order valence-corrected chi connectivity index (χ3v) is 6.65. The van der Waals surface area contributed by atoms with E-state index in [9.17, 15) is 19.8 Å². The molecule has 0 radical (unpaired) electrons. The predicted molar refractivity (Wildman–Crippen MR) is 144 cm³/mol. The first-order valence-electron chi connectivity index (χ1n) is 12.8. The highest BCUT2D eigenvalue weighted by Crippen LogP contribution is 2.29. The molecule has 1 amide bonds. The van der Waals surface area contributed by atoms with E-state index in [1.807, 2.05) is 24.3 Å². The summed E-state index contributed by atoms with van der Waals surface area (Å²) in [7, 11) is 0. The third kappa shape index (κ3) is 7.11. The second-order valence-electron chi connectivity index (χ2n) is 9.44. The number of anilines is 1. The summed E-state index contributed by atoms with van der Waals surface area (Å²) in [5.74, 6) is 0.189. The van der Waals surface area contributed by atoms with Gasteiger partial charge in [-0.1, -0.05) is 25.0 Å². The molecule has 1 aliphatic heterocycles. The topological polar surface area (TPSA) is 90.3 Å². The van der Waals surface area contributed by atoms with Crippen molar-refractivity contribution in [2.24, 2.45) is 0 Å². The number of phenolic OH excluding ortho intramolecular Hbond substituents is 2. The zero-order valence-corrected chi connectivity index (χ0v) is 21.2. The summed E-state index contributed by atoms with van der Waals surface area (Å²) >= 11 is 0. The van der Waals surface area contributed by atoms with E-state index in [1.165, 1.54) is 61.8 Å². The van der Waals surface area contributed by atoms with Gasteiger partial charge in [0, 0.05) is 17.7 Å².